The van der Waals surface area contributed by atoms with Crippen molar-refractivity contribution in [2.45, 2.75) is 59.4 Å². The Balaban J connectivity index is 2.46. The smallest absolute Gasteiger partial charge is 0.223 e. The lowest BCUT2D eigenvalue weighted by Crippen LogP contribution is -2.33. The quantitative estimate of drug-likeness (QED) is 0.644. The molecule has 0 aliphatic rings. The highest BCUT2D eigenvalue weighted by atomic mass is 16.5. The van der Waals surface area contributed by atoms with E-state index in [1.807, 2.05) is 24.3 Å². The summed E-state index contributed by atoms with van der Waals surface area (Å²) in [5, 5.41) is 3.08. The first-order valence-electron chi connectivity index (χ1n) is 8.53. The molecule has 1 aromatic carbocycles. The largest absolute Gasteiger partial charge is 0.497 e. The first kappa shape index (κ1) is 18.5. The number of amides is 1. The van der Waals surface area contributed by atoms with Crippen LogP contribution in [0.15, 0.2) is 24.3 Å². The van der Waals surface area contributed by atoms with Crippen LogP contribution in [0.5, 0.6) is 5.75 Å². The molecule has 1 rings (SSSR count). The molecular weight excluding hydrogens is 274 g/mol. The molecule has 0 saturated carbocycles. The minimum atomic E-state index is 0.120. The Hall–Kier alpha value is -1.51. The fourth-order valence-electron chi connectivity index (χ4n) is 2.83. The van der Waals surface area contributed by atoms with Gasteiger partial charge in [-0.05, 0) is 36.5 Å². The summed E-state index contributed by atoms with van der Waals surface area (Å²) in [4.78, 5) is 12.4. The SMILES string of the molecule is CCCCCC(C)[C@@H](CC)C(=O)NCc1ccc(OC)cc1. The predicted octanol–water partition coefficient (Wildman–Crippen LogP) is 4.55. The number of benzene rings is 1. The lowest BCUT2D eigenvalue weighted by atomic mass is 9.86. The van der Waals surface area contributed by atoms with E-state index < -0.39 is 0 Å². The van der Waals surface area contributed by atoms with Gasteiger partial charge in [0.25, 0.3) is 0 Å². The molecule has 0 aliphatic heterocycles. The monoisotopic (exact) mass is 305 g/mol. The fraction of sp³-hybridized carbons (Fsp3) is 0.632. The minimum absolute atomic E-state index is 0.120. The van der Waals surface area contributed by atoms with Crippen molar-refractivity contribution in [2.24, 2.45) is 11.8 Å². The van der Waals surface area contributed by atoms with Crippen LogP contribution in [0.2, 0.25) is 0 Å². The van der Waals surface area contributed by atoms with Gasteiger partial charge in [0.15, 0.2) is 0 Å². The lowest BCUT2D eigenvalue weighted by Gasteiger charge is -2.22. The van der Waals surface area contributed by atoms with E-state index in [0.29, 0.717) is 12.5 Å². The van der Waals surface area contributed by atoms with E-state index in [9.17, 15) is 4.79 Å². The van der Waals surface area contributed by atoms with Gasteiger partial charge in [0.1, 0.15) is 5.75 Å². The maximum Gasteiger partial charge on any atom is 0.223 e. The van der Waals surface area contributed by atoms with Crippen molar-refractivity contribution < 1.29 is 9.53 Å². The van der Waals surface area contributed by atoms with Crippen LogP contribution < -0.4 is 10.1 Å². The normalized spacial score (nSPS) is 13.5. The number of hydrogen-bond donors (Lipinski definition) is 1. The average molecular weight is 305 g/mol. The van der Waals surface area contributed by atoms with E-state index in [0.717, 1.165) is 24.2 Å². The number of methoxy groups -OCH3 is 1. The standard InChI is InChI=1S/C19H31NO2/c1-5-7-8-9-15(3)18(6-2)19(21)20-14-16-10-12-17(22-4)13-11-16/h10-13,15,18H,5-9,14H2,1-4H3,(H,20,21)/t15?,18-/m1/s1. The highest BCUT2D eigenvalue weighted by molar-refractivity contribution is 5.78. The maximum atomic E-state index is 12.4. The van der Waals surface area contributed by atoms with Crippen LogP contribution in [0.25, 0.3) is 0 Å². The molecule has 0 spiro atoms. The summed E-state index contributed by atoms with van der Waals surface area (Å²) in [6.45, 7) is 7.11. The van der Waals surface area contributed by atoms with Crippen molar-refractivity contribution in [1.29, 1.82) is 0 Å². The summed E-state index contributed by atoms with van der Waals surface area (Å²) in [6.07, 6.45) is 5.76. The molecule has 1 amide bonds. The third-order valence-corrected chi connectivity index (χ3v) is 4.35. The average Bonchev–Trinajstić information content (AvgIpc) is 2.54. The van der Waals surface area contributed by atoms with Crippen molar-refractivity contribution >= 4 is 5.91 Å². The molecule has 0 aromatic heterocycles. The third-order valence-electron chi connectivity index (χ3n) is 4.35. The second-order valence-electron chi connectivity index (χ2n) is 6.05. The molecule has 0 bridgehead atoms. The van der Waals surface area contributed by atoms with Crippen molar-refractivity contribution in [3.05, 3.63) is 29.8 Å². The van der Waals surface area contributed by atoms with Gasteiger partial charge < -0.3 is 10.1 Å². The highest BCUT2D eigenvalue weighted by Gasteiger charge is 2.22. The number of carbonyl (C=O) groups is 1. The molecule has 22 heavy (non-hydrogen) atoms. The fourth-order valence-corrected chi connectivity index (χ4v) is 2.83. The molecule has 1 N–H and O–H groups in total. The first-order chi connectivity index (χ1) is 10.6. The van der Waals surface area contributed by atoms with Crippen LogP contribution in [0.1, 0.15) is 58.4 Å². The van der Waals surface area contributed by atoms with Gasteiger partial charge in [0, 0.05) is 12.5 Å². The van der Waals surface area contributed by atoms with Crippen molar-refractivity contribution in [2.75, 3.05) is 7.11 Å². The van der Waals surface area contributed by atoms with Crippen molar-refractivity contribution in [3.63, 3.8) is 0 Å². The first-order valence-corrected chi connectivity index (χ1v) is 8.53. The van der Waals surface area contributed by atoms with Crippen LogP contribution >= 0.6 is 0 Å². The summed E-state index contributed by atoms with van der Waals surface area (Å²) in [5.41, 5.74) is 1.10. The molecule has 1 aromatic rings. The Morgan fingerprint density at radius 2 is 1.86 bits per heavy atom. The van der Waals surface area contributed by atoms with Crippen molar-refractivity contribution in [1.82, 2.24) is 5.32 Å². The number of rotatable bonds is 10. The van der Waals surface area contributed by atoms with Crippen LogP contribution in [0, 0.1) is 11.8 Å². The number of unbranched alkanes of at least 4 members (excludes halogenated alkanes) is 2. The summed E-state index contributed by atoms with van der Waals surface area (Å²) in [6, 6.07) is 7.83. The van der Waals surface area contributed by atoms with E-state index in [4.69, 9.17) is 4.74 Å². The molecule has 0 aliphatic carbocycles. The zero-order valence-corrected chi connectivity index (χ0v) is 14.5. The van der Waals surface area contributed by atoms with E-state index in [1.165, 1.54) is 19.3 Å². The molecule has 1 unspecified atom stereocenters. The van der Waals surface area contributed by atoms with Crippen LogP contribution in [0.4, 0.5) is 0 Å². The Morgan fingerprint density at radius 3 is 2.41 bits per heavy atom. The second kappa shape index (κ2) is 10.3. The lowest BCUT2D eigenvalue weighted by molar-refractivity contribution is -0.126. The van der Waals surface area contributed by atoms with Gasteiger partial charge in [-0.25, -0.2) is 0 Å². The van der Waals surface area contributed by atoms with Crippen molar-refractivity contribution in [3.8, 4) is 5.75 Å². The van der Waals surface area contributed by atoms with Gasteiger partial charge >= 0.3 is 0 Å². The van der Waals surface area contributed by atoms with Crippen LogP contribution in [-0.2, 0) is 11.3 Å². The molecule has 0 radical (unpaired) electrons. The van der Waals surface area contributed by atoms with Gasteiger partial charge in [-0.2, -0.15) is 0 Å². The van der Waals surface area contributed by atoms with Crippen LogP contribution in [-0.4, -0.2) is 13.0 Å². The summed E-state index contributed by atoms with van der Waals surface area (Å²) < 4.78 is 5.14. The van der Waals surface area contributed by atoms with Gasteiger partial charge in [-0.15, -0.1) is 0 Å². The minimum Gasteiger partial charge on any atom is -0.497 e. The predicted molar refractivity (Wildman–Crippen MR) is 91.9 cm³/mol. The number of hydrogen-bond acceptors (Lipinski definition) is 2. The van der Waals surface area contributed by atoms with Crippen LogP contribution in [0.3, 0.4) is 0 Å². The molecule has 124 valence electrons. The zero-order valence-electron chi connectivity index (χ0n) is 14.5. The number of carbonyl (C=O) groups excluding carboxylic acids is 1. The van der Waals surface area contributed by atoms with Gasteiger partial charge in [-0.3, -0.25) is 4.79 Å². The highest BCUT2D eigenvalue weighted by Crippen LogP contribution is 2.22. The van der Waals surface area contributed by atoms with Gasteiger partial charge in [0.2, 0.25) is 5.91 Å². The second-order valence-corrected chi connectivity index (χ2v) is 6.05. The van der Waals surface area contributed by atoms with E-state index in [2.05, 4.69) is 26.1 Å². The summed E-state index contributed by atoms with van der Waals surface area (Å²) >= 11 is 0. The molecule has 0 heterocycles. The Bertz CT molecular complexity index is 428. The molecule has 0 saturated heterocycles. The molecule has 3 nitrogen and oxygen atoms in total. The molecule has 3 heteroatoms. The maximum absolute atomic E-state index is 12.4. The molecule has 2 atom stereocenters. The number of nitrogens with one attached hydrogen (secondary N) is 1. The number of ether oxygens (including phenoxy) is 1. The van der Waals surface area contributed by atoms with Gasteiger partial charge in [-0.1, -0.05) is 52.2 Å². The summed E-state index contributed by atoms with van der Waals surface area (Å²) in [5.74, 6) is 1.59. The Morgan fingerprint density at radius 1 is 1.18 bits per heavy atom. The third kappa shape index (κ3) is 6.08. The summed E-state index contributed by atoms with van der Waals surface area (Å²) in [7, 11) is 1.66. The van der Waals surface area contributed by atoms with E-state index in [1.54, 1.807) is 7.11 Å². The van der Waals surface area contributed by atoms with E-state index >= 15 is 0 Å². The Labute approximate surface area is 135 Å². The topological polar surface area (TPSA) is 38.3 Å². The molecular formula is C19H31NO2. The molecule has 0 fully saturated rings. The Kier molecular flexibility index (Phi) is 8.64. The van der Waals surface area contributed by atoms with Gasteiger partial charge in [0.05, 0.1) is 7.11 Å². The van der Waals surface area contributed by atoms with E-state index in [-0.39, 0.29) is 11.8 Å². The zero-order chi connectivity index (χ0) is 16.4.